The van der Waals surface area contributed by atoms with Crippen LogP contribution in [0, 0.1) is 17.6 Å². The lowest BCUT2D eigenvalue weighted by molar-refractivity contribution is 0.286. The molecule has 1 fully saturated rings. The van der Waals surface area contributed by atoms with Gasteiger partial charge in [-0.3, -0.25) is 0 Å². The molecule has 3 aromatic rings. The van der Waals surface area contributed by atoms with Crippen molar-refractivity contribution in [1.29, 1.82) is 0 Å². The molecule has 4 rings (SSSR count). The molecule has 0 amide bonds. The van der Waals surface area contributed by atoms with Gasteiger partial charge in [0.15, 0.2) is 23.1 Å². The summed E-state index contributed by atoms with van der Waals surface area (Å²) in [5, 5.41) is 1.41. The van der Waals surface area contributed by atoms with Crippen molar-refractivity contribution < 1.29 is 18.3 Å². The van der Waals surface area contributed by atoms with Crippen molar-refractivity contribution in [2.45, 2.75) is 12.8 Å². The Morgan fingerprint density at radius 2 is 1.59 bits per heavy atom. The van der Waals surface area contributed by atoms with Crippen molar-refractivity contribution in [3.05, 3.63) is 35.9 Å². The Morgan fingerprint density at radius 1 is 1.00 bits per heavy atom. The molecule has 5 heteroatoms. The van der Waals surface area contributed by atoms with Gasteiger partial charge in [-0.2, -0.15) is 0 Å². The number of benzene rings is 2. The van der Waals surface area contributed by atoms with Crippen LogP contribution in [-0.2, 0) is 0 Å². The van der Waals surface area contributed by atoms with E-state index >= 15 is 0 Å². The summed E-state index contributed by atoms with van der Waals surface area (Å²) >= 11 is 1.10. The standard InChI is InChI=1S/C17H14F2O2S/c1-20-12-6-4-10-11-5-7-13(21-8-9-2-3-9)15(19)17(11)22-16(10)14(12)18/h4-7,9H,2-3,8H2,1H3. The highest BCUT2D eigenvalue weighted by atomic mass is 32.1. The lowest BCUT2D eigenvalue weighted by Crippen LogP contribution is -2.00. The molecule has 0 saturated heterocycles. The van der Waals surface area contributed by atoms with Gasteiger partial charge < -0.3 is 9.47 Å². The number of fused-ring (bicyclic) bond motifs is 3. The van der Waals surface area contributed by atoms with Crippen LogP contribution in [0.2, 0.25) is 0 Å². The number of halogens is 2. The fraction of sp³-hybridized carbons (Fsp3) is 0.294. The molecule has 0 spiro atoms. The number of ether oxygens (including phenoxy) is 2. The Morgan fingerprint density at radius 3 is 2.18 bits per heavy atom. The first-order valence-corrected chi connectivity index (χ1v) is 8.00. The van der Waals surface area contributed by atoms with Crippen LogP contribution in [-0.4, -0.2) is 13.7 Å². The zero-order chi connectivity index (χ0) is 15.3. The summed E-state index contributed by atoms with van der Waals surface area (Å²) < 4.78 is 40.3. The van der Waals surface area contributed by atoms with E-state index < -0.39 is 11.6 Å². The maximum Gasteiger partial charge on any atom is 0.182 e. The summed E-state index contributed by atoms with van der Waals surface area (Å²) in [4.78, 5) is 0. The van der Waals surface area contributed by atoms with Crippen LogP contribution in [0.3, 0.4) is 0 Å². The van der Waals surface area contributed by atoms with Crippen molar-refractivity contribution in [1.82, 2.24) is 0 Å². The van der Waals surface area contributed by atoms with Gasteiger partial charge in [-0.15, -0.1) is 11.3 Å². The van der Waals surface area contributed by atoms with Crippen LogP contribution >= 0.6 is 11.3 Å². The highest BCUT2D eigenvalue weighted by Gasteiger charge is 2.23. The molecular formula is C17H14F2O2S. The zero-order valence-corrected chi connectivity index (χ0v) is 12.8. The van der Waals surface area contributed by atoms with Gasteiger partial charge in [-0.1, -0.05) is 0 Å². The molecule has 0 unspecified atom stereocenters. The average molecular weight is 320 g/mol. The average Bonchev–Trinajstić information content (AvgIpc) is 3.27. The first-order chi connectivity index (χ1) is 10.7. The van der Waals surface area contributed by atoms with Crippen molar-refractivity contribution in [2.24, 2.45) is 5.92 Å². The van der Waals surface area contributed by atoms with Gasteiger partial charge in [0, 0.05) is 10.8 Å². The molecule has 114 valence electrons. The second kappa shape index (κ2) is 5.09. The second-order valence-electron chi connectivity index (χ2n) is 5.57. The zero-order valence-electron chi connectivity index (χ0n) is 12.0. The predicted octanol–water partition coefficient (Wildman–Crippen LogP) is 5.13. The Bertz CT molecular complexity index is 868. The van der Waals surface area contributed by atoms with E-state index in [9.17, 15) is 8.78 Å². The Kier molecular flexibility index (Phi) is 3.18. The quantitative estimate of drug-likeness (QED) is 0.663. The minimum absolute atomic E-state index is 0.171. The van der Waals surface area contributed by atoms with Gasteiger partial charge in [0.05, 0.1) is 23.1 Å². The van der Waals surface area contributed by atoms with Gasteiger partial charge in [0.25, 0.3) is 0 Å². The predicted molar refractivity (Wildman–Crippen MR) is 84.0 cm³/mol. The molecule has 0 aliphatic heterocycles. The maximum absolute atomic E-state index is 14.6. The molecule has 0 atom stereocenters. The number of thiophene rings is 1. The summed E-state index contributed by atoms with van der Waals surface area (Å²) in [5.41, 5.74) is 0. The van der Waals surface area contributed by atoms with Gasteiger partial charge in [0.1, 0.15) is 0 Å². The molecule has 1 aromatic heterocycles. The van der Waals surface area contributed by atoms with Crippen LogP contribution < -0.4 is 9.47 Å². The molecule has 22 heavy (non-hydrogen) atoms. The van der Waals surface area contributed by atoms with Crippen molar-refractivity contribution in [2.75, 3.05) is 13.7 Å². The first kappa shape index (κ1) is 13.8. The van der Waals surface area contributed by atoms with Crippen LogP contribution in [0.5, 0.6) is 11.5 Å². The molecule has 1 saturated carbocycles. The van der Waals surface area contributed by atoms with E-state index in [4.69, 9.17) is 9.47 Å². The molecule has 1 aliphatic rings. The summed E-state index contributed by atoms with van der Waals surface area (Å²) in [7, 11) is 1.42. The number of hydrogen-bond acceptors (Lipinski definition) is 3. The highest BCUT2D eigenvalue weighted by Crippen LogP contribution is 2.42. The normalized spacial score (nSPS) is 14.7. The van der Waals surface area contributed by atoms with Crippen LogP contribution in [0.15, 0.2) is 24.3 Å². The number of methoxy groups -OCH3 is 1. The third-order valence-corrected chi connectivity index (χ3v) is 5.22. The fourth-order valence-corrected chi connectivity index (χ4v) is 3.72. The summed E-state index contributed by atoms with van der Waals surface area (Å²) in [5.74, 6) is 0.126. The monoisotopic (exact) mass is 320 g/mol. The molecular weight excluding hydrogens is 306 g/mol. The van der Waals surface area contributed by atoms with Gasteiger partial charge in [-0.05, 0) is 43.0 Å². The smallest absolute Gasteiger partial charge is 0.182 e. The number of hydrogen-bond donors (Lipinski definition) is 0. The van der Waals surface area contributed by atoms with Crippen molar-refractivity contribution >= 4 is 31.5 Å². The molecule has 0 N–H and O–H groups in total. The van der Waals surface area contributed by atoms with Gasteiger partial charge in [0.2, 0.25) is 0 Å². The third kappa shape index (κ3) is 2.11. The summed E-state index contributed by atoms with van der Waals surface area (Å²) in [6.45, 7) is 0.551. The lowest BCUT2D eigenvalue weighted by atomic mass is 10.1. The molecule has 1 heterocycles. The largest absolute Gasteiger partial charge is 0.494 e. The molecule has 0 bridgehead atoms. The van der Waals surface area contributed by atoms with E-state index in [1.54, 1.807) is 24.3 Å². The Hall–Kier alpha value is -1.88. The minimum atomic E-state index is -0.443. The Labute approximate surface area is 130 Å². The van der Waals surface area contributed by atoms with E-state index in [0.29, 0.717) is 32.7 Å². The van der Waals surface area contributed by atoms with E-state index in [0.717, 1.165) is 24.2 Å². The SMILES string of the molecule is COc1ccc2c(sc3c(F)c(OCC4CC4)ccc32)c1F. The topological polar surface area (TPSA) is 18.5 Å². The molecule has 1 aliphatic carbocycles. The minimum Gasteiger partial charge on any atom is -0.494 e. The van der Waals surface area contributed by atoms with Crippen molar-refractivity contribution in [3.8, 4) is 11.5 Å². The Balaban J connectivity index is 1.86. The maximum atomic E-state index is 14.6. The summed E-state index contributed by atoms with van der Waals surface area (Å²) in [6.07, 6.45) is 2.30. The molecule has 2 nitrogen and oxygen atoms in total. The van der Waals surface area contributed by atoms with E-state index in [1.165, 1.54) is 7.11 Å². The van der Waals surface area contributed by atoms with Crippen LogP contribution in [0.1, 0.15) is 12.8 Å². The lowest BCUT2D eigenvalue weighted by Gasteiger charge is -2.06. The molecule has 0 radical (unpaired) electrons. The van der Waals surface area contributed by atoms with E-state index in [-0.39, 0.29) is 11.5 Å². The number of rotatable bonds is 4. The fourth-order valence-electron chi connectivity index (χ4n) is 2.56. The van der Waals surface area contributed by atoms with E-state index in [2.05, 4.69) is 0 Å². The van der Waals surface area contributed by atoms with E-state index in [1.807, 2.05) is 0 Å². The molecule has 2 aromatic carbocycles. The summed E-state index contributed by atoms with van der Waals surface area (Å²) in [6, 6.07) is 6.76. The van der Waals surface area contributed by atoms with Gasteiger partial charge in [-0.25, -0.2) is 8.78 Å². The van der Waals surface area contributed by atoms with Gasteiger partial charge >= 0.3 is 0 Å². The van der Waals surface area contributed by atoms with Crippen molar-refractivity contribution in [3.63, 3.8) is 0 Å². The third-order valence-electron chi connectivity index (χ3n) is 4.01. The highest BCUT2D eigenvalue weighted by molar-refractivity contribution is 7.25. The first-order valence-electron chi connectivity index (χ1n) is 7.19. The van der Waals surface area contributed by atoms with Crippen LogP contribution in [0.25, 0.3) is 20.2 Å². The second-order valence-corrected chi connectivity index (χ2v) is 6.59. The van der Waals surface area contributed by atoms with Crippen LogP contribution in [0.4, 0.5) is 8.78 Å².